The quantitative estimate of drug-likeness (QED) is 0.747. The fraction of sp³-hybridized carbons (Fsp3) is 0.905. The molecule has 0 radical (unpaired) electrons. The predicted octanol–water partition coefficient (Wildman–Crippen LogP) is 2.20. The summed E-state index contributed by atoms with van der Waals surface area (Å²) in [4.78, 5) is 29.6. The number of piperidine rings is 3. The first-order valence-electron chi connectivity index (χ1n) is 11.2. The summed E-state index contributed by atoms with van der Waals surface area (Å²) in [7, 11) is 1.74. The maximum absolute atomic E-state index is 12.6. The fourth-order valence-corrected chi connectivity index (χ4v) is 5.88. The molecule has 27 heavy (non-hydrogen) atoms. The van der Waals surface area contributed by atoms with E-state index < -0.39 is 0 Å². The van der Waals surface area contributed by atoms with E-state index in [4.69, 9.17) is 0 Å². The Bertz CT molecular complexity index is 548. The Hall–Kier alpha value is -1.30. The van der Waals surface area contributed by atoms with Crippen molar-refractivity contribution in [2.45, 2.75) is 69.9 Å². The molecule has 0 spiro atoms. The maximum Gasteiger partial charge on any atom is 0.317 e. The summed E-state index contributed by atoms with van der Waals surface area (Å²) in [6.07, 6.45) is 9.94. The Morgan fingerprint density at radius 2 is 1.85 bits per heavy atom. The molecule has 3 aliphatic heterocycles. The van der Waals surface area contributed by atoms with Crippen molar-refractivity contribution in [1.82, 2.24) is 20.4 Å². The number of carbonyl (C=O) groups is 2. The van der Waals surface area contributed by atoms with Gasteiger partial charge in [-0.05, 0) is 82.2 Å². The Labute approximate surface area is 163 Å². The average molecular weight is 377 g/mol. The van der Waals surface area contributed by atoms with E-state index in [1.54, 1.807) is 7.05 Å². The lowest BCUT2D eigenvalue weighted by Crippen LogP contribution is -2.66. The Morgan fingerprint density at radius 3 is 2.59 bits per heavy atom. The number of nitrogens with zero attached hydrogens (tertiary/aromatic N) is 2. The minimum atomic E-state index is 0.0688. The number of rotatable bonds is 6. The van der Waals surface area contributed by atoms with Crippen molar-refractivity contribution < 1.29 is 9.59 Å². The molecule has 3 heterocycles. The van der Waals surface area contributed by atoms with Crippen LogP contribution in [-0.4, -0.2) is 67.0 Å². The highest BCUT2D eigenvalue weighted by Crippen LogP contribution is 2.43. The molecule has 1 saturated carbocycles. The Kier molecular flexibility index (Phi) is 5.90. The molecule has 0 aromatic carbocycles. The van der Waals surface area contributed by atoms with Gasteiger partial charge in [-0.2, -0.15) is 0 Å². The Balaban J connectivity index is 1.38. The zero-order chi connectivity index (χ0) is 18.8. The molecule has 152 valence electrons. The van der Waals surface area contributed by atoms with Crippen LogP contribution in [0.2, 0.25) is 0 Å². The normalized spacial score (nSPS) is 33.3. The van der Waals surface area contributed by atoms with Crippen LogP contribution in [0.15, 0.2) is 0 Å². The van der Waals surface area contributed by atoms with Crippen LogP contribution in [0.25, 0.3) is 0 Å². The van der Waals surface area contributed by atoms with Gasteiger partial charge in [-0.15, -0.1) is 0 Å². The molecule has 0 bridgehead atoms. The van der Waals surface area contributed by atoms with E-state index in [1.165, 1.54) is 51.6 Å². The topological polar surface area (TPSA) is 64.7 Å². The molecule has 3 saturated heterocycles. The SMILES string of the molecule is CNC(=O)N1C[C@@H]2CCCN3CCC[C@@H]([C@H]23)[C@H]1CCCC(=O)NCC1CC1. The number of nitrogens with one attached hydrogen (secondary N) is 2. The van der Waals surface area contributed by atoms with Gasteiger partial charge in [0.2, 0.25) is 5.91 Å². The third-order valence-corrected chi connectivity index (χ3v) is 7.34. The van der Waals surface area contributed by atoms with Gasteiger partial charge in [-0.3, -0.25) is 9.69 Å². The van der Waals surface area contributed by atoms with Crippen LogP contribution in [0, 0.1) is 17.8 Å². The van der Waals surface area contributed by atoms with E-state index in [-0.39, 0.29) is 18.0 Å². The lowest BCUT2D eigenvalue weighted by Gasteiger charge is -2.57. The predicted molar refractivity (Wildman–Crippen MR) is 105 cm³/mol. The van der Waals surface area contributed by atoms with Crippen molar-refractivity contribution in [2.75, 3.05) is 33.2 Å². The summed E-state index contributed by atoms with van der Waals surface area (Å²) < 4.78 is 0. The van der Waals surface area contributed by atoms with Crippen molar-refractivity contribution in [2.24, 2.45) is 17.8 Å². The number of hydrogen-bond acceptors (Lipinski definition) is 3. The van der Waals surface area contributed by atoms with E-state index >= 15 is 0 Å². The molecule has 2 N–H and O–H groups in total. The van der Waals surface area contributed by atoms with Crippen LogP contribution in [0.1, 0.15) is 57.8 Å². The number of amides is 3. The fourth-order valence-electron chi connectivity index (χ4n) is 5.88. The molecular formula is C21H36N4O2. The molecule has 1 aliphatic carbocycles. The van der Waals surface area contributed by atoms with Crippen molar-refractivity contribution in [3.63, 3.8) is 0 Å². The van der Waals surface area contributed by atoms with Gasteiger partial charge in [-0.25, -0.2) is 4.79 Å². The molecule has 0 aromatic heterocycles. The molecule has 4 atom stereocenters. The third kappa shape index (κ3) is 4.25. The second-order valence-electron chi connectivity index (χ2n) is 9.15. The smallest absolute Gasteiger partial charge is 0.317 e. The van der Waals surface area contributed by atoms with Crippen molar-refractivity contribution in [3.8, 4) is 0 Å². The van der Waals surface area contributed by atoms with E-state index in [9.17, 15) is 9.59 Å². The Morgan fingerprint density at radius 1 is 1.07 bits per heavy atom. The standard InChI is InChI=1S/C21H36N4O2/c1-22-21(27)25-14-16-5-3-11-24-12-4-6-17(20(16)24)18(25)7-2-8-19(26)23-13-15-9-10-15/h15-18,20H,2-14H2,1H3,(H,22,27)(H,23,26)/t16-,17+,18+,20-/m0/s1. The van der Waals surface area contributed by atoms with Crippen LogP contribution < -0.4 is 10.6 Å². The first-order valence-corrected chi connectivity index (χ1v) is 11.2. The highest BCUT2D eigenvalue weighted by Gasteiger charge is 2.49. The number of urea groups is 1. The molecule has 0 aromatic rings. The second-order valence-corrected chi connectivity index (χ2v) is 9.15. The van der Waals surface area contributed by atoms with E-state index in [0.29, 0.717) is 24.3 Å². The molecule has 4 rings (SSSR count). The highest BCUT2D eigenvalue weighted by atomic mass is 16.2. The van der Waals surface area contributed by atoms with E-state index in [2.05, 4.69) is 20.4 Å². The molecule has 3 amide bonds. The first-order chi connectivity index (χ1) is 13.2. The summed E-state index contributed by atoms with van der Waals surface area (Å²) in [6, 6.07) is 1.00. The number of hydrogen-bond donors (Lipinski definition) is 2. The van der Waals surface area contributed by atoms with Gasteiger partial charge in [-0.1, -0.05) is 0 Å². The molecule has 4 aliphatic rings. The minimum Gasteiger partial charge on any atom is -0.356 e. The number of carbonyl (C=O) groups excluding carboxylic acids is 2. The van der Waals surface area contributed by atoms with Gasteiger partial charge in [0.1, 0.15) is 0 Å². The van der Waals surface area contributed by atoms with Crippen molar-refractivity contribution >= 4 is 11.9 Å². The van der Waals surface area contributed by atoms with Crippen LogP contribution in [0.4, 0.5) is 4.79 Å². The van der Waals surface area contributed by atoms with Gasteiger partial charge in [0, 0.05) is 38.6 Å². The molecule has 0 unspecified atom stereocenters. The highest BCUT2D eigenvalue weighted by molar-refractivity contribution is 5.76. The average Bonchev–Trinajstić information content (AvgIpc) is 3.52. The molecule has 6 nitrogen and oxygen atoms in total. The lowest BCUT2D eigenvalue weighted by molar-refractivity contribution is -0.121. The van der Waals surface area contributed by atoms with Crippen molar-refractivity contribution in [1.29, 1.82) is 0 Å². The number of likely N-dealkylation sites (tertiary alicyclic amines) is 1. The second kappa shape index (κ2) is 8.38. The van der Waals surface area contributed by atoms with Gasteiger partial charge in [0.15, 0.2) is 0 Å². The lowest BCUT2D eigenvalue weighted by atomic mass is 9.69. The van der Waals surface area contributed by atoms with Gasteiger partial charge < -0.3 is 15.5 Å². The monoisotopic (exact) mass is 376 g/mol. The van der Waals surface area contributed by atoms with Gasteiger partial charge in [0.05, 0.1) is 0 Å². The van der Waals surface area contributed by atoms with Crippen LogP contribution >= 0.6 is 0 Å². The van der Waals surface area contributed by atoms with Gasteiger partial charge in [0.25, 0.3) is 0 Å². The third-order valence-electron chi connectivity index (χ3n) is 7.34. The summed E-state index contributed by atoms with van der Waals surface area (Å²) >= 11 is 0. The molecular weight excluding hydrogens is 340 g/mol. The first kappa shape index (κ1) is 19.0. The largest absolute Gasteiger partial charge is 0.356 e. The zero-order valence-corrected chi connectivity index (χ0v) is 16.8. The summed E-state index contributed by atoms with van der Waals surface area (Å²) in [5.74, 6) is 2.11. The zero-order valence-electron chi connectivity index (χ0n) is 16.8. The molecule has 4 fully saturated rings. The summed E-state index contributed by atoms with van der Waals surface area (Å²) in [6.45, 7) is 4.20. The van der Waals surface area contributed by atoms with Crippen LogP contribution in [0.3, 0.4) is 0 Å². The maximum atomic E-state index is 12.6. The minimum absolute atomic E-state index is 0.0688. The van der Waals surface area contributed by atoms with Crippen LogP contribution in [-0.2, 0) is 4.79 Å². The summed E-state index contributed by atoms with van der Waals surface area (Å²) in [5.41, 5.74) is 0. The van der Waals surface area contributed by atoms with E-state index in [0.717, 1.165) is 31.8 Å². The van der Waals surface area contributed by atoms with Crippen molar-refractivity contribution in [3.05, 3.63) is 0 Å². The van der Waals surface area contributed by atoms with Crippen LogP contribution in [0.5, 0.6) is 0 Å². The van der Waals surface area contributed by atoms with Gasteiger partial charge >= 0.3 is 6.03 Å². The molecule has 6 heteroatoms. The summed E-state index contributed by atoms with van der Waals surface area (Å²) in [5, 5.41) is 5.94. The van der Waals surface area contributed by atoms with E-state index in [1.807, 2.05) is 0 Å².